The summed E-state index contributed by atoms with van der Waals surface area (Å²) >= 11 is 0. The van der Waals surface area contributed by atoms with Crippen molar-refractivity contribution in [1.29, 1.82) is 0 Å². The summed E-state index contributed by atoms with van der Waals surface area (Å²) in [7, 11) is 1.55. The molecule has 0 radical (unpaired) electrons. The Balaban J connectivity index is 1.60. The number of rotatable bonds is 10. The van der Waals surface area contributed by atoms with Crippen LogP contribution < -0.4 is 19.7 Å². The molecule has 2 aromatic carbocycles. The van der Waals surface area contributed by atoms with Crippen LogP contribution in [0.1, 0.15) is 37.8 Å². The summed E-state index contributed by atoms with van der Waals surface area (Å²) < 4.78 is 15.9. The molecule has 0 bridgehead atoms. The van der Waals surface area contributed by atoms with Crippen LogP contribution in [0.15, 0.2) is 48.5 Å². The SMILES string of the molecule is CCOC(=O)CC(NC(=O)COc1ccc(N2CCCC2=O)cc1)c1cccc(OC)c1. The van der Waals surface area contributed by atoms with Crippen LogP contribution in [0, 0.1) is 0 Å². The highest BCUT2D eigenvalue weighted by Crippen LogP contribution is 2.24. The lowest BCUT2D eigenvalue weighted by Gasteiger charge is -2.19. The number of amides is 2. The minimum atomic E-state index is -0.580. The standard InChI is InChI=1S/C24H28N2O6/c1-3-31-24(29)15-21(17-6-4-7-20(14-17)30-2)25-22(27)16-32-19-11-9-18(10-12-19)26-13-5-8-23(26)28/h4,6-7,9-12,14,21H,3,5,8,13,15-16H2,1-2H3,(H,25,27). The molecule has 1 saturated heterocycles. The van der Waals surface area contributed by atoms with Gasteiger partial charge >= 0.3 is 5.97 Å². The molecule has 1 aliphatic rings. The van der Waals surface area contributed by atoms with Gasteiger partial charge in [-0.1, -0.05) is 12.1 Å². The zero-order chi connectivity index (χ0) is 22.9. The predicted molar refractivity (Wildman–Crippen MR) is 119 cm³/mol. The second-order valence-corrected chi connectivity index (χ2v) is 7.34. The lowest BCUT2D eigenvalue weighted by molar-refractivity contribution is -0.143. The molecule has 2 aromatic rings. The van der Waals surface area contributed by atoms with Gasteiger partial charge < -0.3 is 24.4 Å². The number of methoxy groups -OCH3 is 1. The van der Waals surface area contributed by atoms with Gasteiger partial charge in [-0.15, -0.1) is 0 Å². The Kier molecular flexibility index (Phi) is 8.08. The summed E-state index contributed by atoms with van der Waals surface area (Å²) in [4.78, 5) is 38.2. The van der Waals surface area contributed by atoms with Crippen molar-refractivity contribution < 1.29 is 28.6 Å². The van der Waals surface area contributed by atoms with Gasteiger partial charge in [0.1, 0.15) is 11.5 Å². The van der Waals surface area contributed by atoms with Crippen molar-refractivity contribution in [2.24, 2.45) is 0 Å². The van der Waals surface area contributed by atoms with E-state index in [-0.39, 0.29) is 31.4 Å². The molecule has 0 aromatic heterocycles. The van der Waals surface area contributed by atoms with Crippen LogP contribution in [0.3, 0.4) is 0 Å². The first-order chi connectivity index (χ1) is 15.5. The molecule has 0 aliphatic carbocycles. The van der Waals surface area contributed by atoms with Gasteiger partial charge in [0.05, 0.1) is 26.2 Å². The molecule has 170 valence electrons. The number of hydrogen-bond donors (Lipinski definition) is 1. The maximum Gasteiger partial charge on any atom is 0.308 e. The van der Waals surface area contributed by atoms with E-state index in [1.165, 1.54) is 0 Å². The average molecular weight is 440 g/mol. The van der Waals surface area contributed by atoms with Crippen molar-refractivity contribution in [3.63, 3.8) is 0 Å². The van der Waals surface area contributed by atoms with Crippen molar-refractivity contribution in [2.45, 2.75) is 32.2 Å². The first-order valence-corrected chi connectivity index (χ1v) is 10.6. The van der Waals surface area contributed by atoms with Crippen LogP contribution in [0.4, 0.5) is 5.69 Å². The molecule has 8 nitrogen and oxygen atoms in total. The van der Waals surface area contributed by atoms with E-state index in [0.717, 1.165) is 17.7 Å². The Morgan fingerprint density at radius 1 is 1.12 bits per heavy atom. The van der Waals surface area contributed by atoms with E-state index in [1.807, 2.05) is 6.07 Å². The van der Waals surface area contributed by atoms with Gasteiger partial charge in [0.25, 0.3) is 5.91 Å². The Hall–Kier alpha value is -3.55. The molecule has 1 atom stereocenters. The number of carbonyl (C=O) groups excluding carboxylic acids is 3. The first kappa shape index (κ1) is 23.1. The number of nitrogens with zero attached hydrogens (tertiary/aromatic N) is 1. The highest BCUT2D eigenvalue weighted by molar-refractivity contribution is 5.95. The zero-order valence-electron chi connectivity index (χ0n) is 18.3. The summed E-state index contributed by atoms with van der Waals surface area (Å²) in [5.41, 5.74) is 1.54. The van der Waals surface area contributed by atoms with Gasteiger partial charge in [-0.05, 0) is 55.3 Å². The molecule has 8 heteroatoms. The van der Waals surface area contributed by atoms with Gasteiger partial charge in [-0.2, -0.15) is 0 Å². The summed E-state index contributed by atoms with van der Waals surface area (Å²) in [5.74, 6) is 0.468. The van der Waals surface area contributed by atoms with Crippen LogP contribution in [0.2, 0.25) is 0 Å². The topological polar surface area (TPSA) is 94.2 Å². The van der Waals surface area contributed by atoms with E-state index >= 15 is 0 Å². The van der Waals surface area contributed by atoms with Crippen LogP contribution in [0.5, 0.6) is 11.5 Å². The second kappa shape index (κ2) is 11.2. The van der Waals surface area contributed by atoms with E-state index in [9.17, 15) is 14.4 Å². The van der Waals surface area contributed by atoms with Gasteiger partial charge in [0, 0.05) is 18.7 Å². The smallest absolute Gasteiger partial charge is 0.308 e. The lowest BCUT2D eigenvalue weighted by atomic mass is 10.0. The van der Waals surface area contributed by atoms with Crippen molar-refractivity contribution in [3.8, 4) is 11.5 Å². The minimum Gasteiger partial charge on any atom is -0.497 e. The van der Waals surface area contributed by atoms with E-state index in [1.54, 1.807) is 61.4 Å². The number of esters is 1. The number of benzene rings is 2. The van der Waals surface area contributed by atoms with Gasteiger partial charge in [-0.25, -0.2) is 0 Å². The highest BCUT2D eigenvalue weighted by atomic mass is 16.5. The number of anilines is 1. The van der Waals surface area contributed by atoms with E-state index < -0.39 is 12.0 Å². The third-order valence-corrected chi connectivity index (χ3v) is 5.10. The lowest BCUT2D eigenvalue weighted by Crippen LogP contribution is -2.34. The Bertz CT molecular complexity index is 944. The fourth-order valence-electron chi connectivity index (χ4n) is 3.53. The molecule has 0 saturated carbocycles. The van der Waals surface area contributed by atoms with Gasteiger partial charge in [0.2, 0.25) is 5.91 Å². The van der Waals surface area contributed by atoms with Crippen molar-refractivity contribution in [1.82, 2.24) is 5.32 Å². The quantitative estimate of drug-likeness (QED) is 0.571. The monoisotopic (exact) mass is 440 g/mol. The van der Waals surface area contributed by atoms with Crippen molar-refractivity contribution in [2.75, 3.05) is 31.8 Å². The maximum atomic E-state index is 12.5. The van der Waals surface area contributed by atoms with Crippen molar-refractivity contribution >= 4 is 23.5 Å². The molecule has 1 heterocycles. The molecular weight excluding hydrogens is 412 g/mol. The molecule has 1 N–H and O–H groups in total. The third-order valence-electron chi connectivity index (χ3n) is 5.10. The molecular formula is C24H28N2O6. The molecule has 0 spiro atoms. The number of carbonyl (C=O) groups is 3. The summed E-state index contributed by atoms with van der Waals surface area (Å²) in [6, 6.07) is 13.6. The second-order valence-electron chi connectivity index (χ2n) is 7.34. The Morgan fingerprint density at radius 3 is 2.56 bits per heavy atom. The zero-order valence-corrected chi connectivity index (χ0v) is 18.3. The largest absolute Gasteiger partial charge is 0.497 e. The van der Waals surface area contributed by atoms with Gasteiger partial charge in [0.15, 0.2) is 6.61 Å². The average Bonchev–Trinajstić information content (AvgIpc) is 3.23. The Labute approximate surface area is 187 Å². The third kappa shape index (κ3) is 6.23. The normalized spacial score (nSPS) is 14.1. The van der Waals surface area contributed by atoms with E-state index in [4.69, 9.17) is 14.2 Å². The summed E-state index contributed by atoms with van der Waals surface area (Å²) in [5, 5.41) is 2.83. The molecule has 32 heavy (non-hydrogen) atoms. The molecule has 1 fully saturated rings. The predicted octanol–water partition coefficient (Wildman–Crippen LogP) is 3.01. The fraction of sp³-hybridized carbons (Fsp3) is 0.375. The fourth-order valence-corrected chi connectivity index (χ4v) is 3.53. The minimum absolute atomic E-state index is 0.00862. The van der Waals surface area contributed by atoms with Crippen molar-refractivity contribution in [3.05, 3.63) is 54.1 Å². The molecule has 2 amide bonds. The number of ether oxygens (including phenoxy) is 3. The molecule has 1 aliphatic heterocycles. The molecule has 3 rings (SSSR count). The van der Waals surface area contributed by atoms with Crippen LogP contribution in [-0.4, -0.2) is 44.7 Å². The van der Waals surface area contributed by atoms with E-state index in [0.29, 0.717) is 24.5 Å². The summed E-state index contributed by atoms with van der Waals surface area (Å²) in [6.45, 7) is 2.49. The number of hydrogen-bond acceptors (Lipinski definition) is 6. The first-order valence-electron chi connectivity index (χ1n) is 10.6. The number of nitrogens with one attached hydrogen (secondary N) is 1. The maximum absolute atomic E-state index is 12.5. The summed E-state index contributed by atoms with van der Waals surface area (Å²) in [6.07, 6.45) is 1.42. The van der Waals surface area contributed by atoms with E-state index in [2.05, 4.69) is 5.32 Å². The van der Waals surface area contributed by atoms with Crippen LogP contribution >= 0.6 is 0 Å². The highest BCUT2D eigenvalue weighted by Gasteiger charge is 2.22. The van der Waals surface area contributed by atoms with Crippen LogP contribution in [-0.2, 0) is 19.1 Å². The Morgan fingerprint density at radius 2 is 1.91 bits per heavy atom. The molecule has 1 unspecified atom stereocenters. The van der Waals surface area contributed by atoms with Crippen LogP contribution in [0.25, 0.3) is 0 Å². The van der Waals surface area contributed by atoms with Gasteiger partial charge in [-0.3, -0.25) is 14.4 Å².